The van der Waals surface area contributed by atoms with E-state index in [1.807, 2.05) is 37.3 Å². The molecule has 11 heteroatoms. The molecule has 1 aromatic carbocycles. The van der Waals surface area contributed by atoms with Gasteiger partial charge in [-0.1, -0.05) is 30.3 Å². The minimum absolute atomic E-state index is 0. The number of nitrogens with one attached hydrogen (secondary N) is 2. The van der Waals surface area contributed by atoms with Crippen molar-refractivity contribution in [1.82, 2.24) is 20.2 Å². The van der Waals surface area contributed by atoms with E-state index in [0.717, 1.165) is 10.1 Å². The Kier molecular flexibility index (Phi) is 10.7. The highest BCUT2D eigenvalue weighted by Crippen LogP contribution is 2.40. The number of aliphatic hydroxyl groups is 2. The van der Waals surface area contributed by atoms with Gasteiger partial charge in [-0.05, 0) is 12.5 Å². The van der Waals surface area contributed by atoms with Crippen molar-refractivity contribution in [3.8, 4) is 0 Å². The SMILES string of the molecule is CCNC(=NCC(CO)c1ccccc1)NCCC(O)(c1nccn1C)C(F)(F)F.I. The summed E-state index contributed by atoms with van der Waals surface area (Å²) in [5.74, 6) is -0.402. The fraction of sp³-hybridized carbons (Fsp3) is 0.500. The number of benzene rings is 1. The van der Waals surface area contributed by atoms with Gasteiger partial charge in [0.25, 0.3) is 0 Å². The number of aryl methyl sites for hydroxylation is 1. The van der Waals surface area contributed by atoms with Crippen LogP contribution in [0.5, 0.6) is 0 Å². The highest BCUT2D eigenvalue weighted by Gasteiger charge is 2.57. The van der Waals surface area contributed by atoms with Gasteiger partial charge in [-0.15, -0.1) is 24.0 Å². The Morgan fingerprint density at radius 3 is 2.42 bits per heavy atom. The second-order valence-electron chi connectivity index (χ2n) is 6.91. The largest absolute Gasteiger partial charge is 0.424 e. The Balaban J connectivity index is 0.00000480. The van der Waals surface area contributed by atoms with Gasteiger partial charge in [0, 0.05) is 44.9 Å². The lowest BCUT2D eigenvalue weighted by molar-refractivity contribution is -0.272. The molecule has 1 aromatic heterocycles. The maximum Gasteiger partial charge on any atom is 0.424 e. The van der Waals surface area contributed by atoms with E-state index >= 15 is 0 Å². The Hall–Kier alpha value is -1.86. The summed E-state index contributed by atoms with van der Waals surface area (Å²) in [6.45, 7) is 2.28. The van der Waals surface area contributed by atoms with Crippen LogP contribution in [-0.4, -0.2) is 58.1 Å². The molecule has 0 saturated carbocycles. The van der Waals surface area contributed by atoms with E-state index < -0.39 is 24.0 Å². The number of imidazole rings is 1. The topological polar surface area (TPSA) is 94.7 Å². The maximum absolute atomic E-state index is 13.6. The van der Waals surface area contributed by atoms with Crippen LogP contribution in [0.1, 0.15) is 30.7 Å². The van der Waals surface area contributed by atoms with E-state index in [1.165, 1.54) is 19.4 Å². The summed E-state index contributed by atoms with van der Waals surface area (Å²) >= 11 is 0. The summed E-state index contributed by atoms with van der Waals surface area (Å²) in [6, 6.07) is 9.36. The van der Waals surface area contributed by atoms with Crippen molar-refractivity contribution in [2.24, 2.45) is 12.0 Å². The van der Waals surface area contributed by atoms with Crippen LogP contribution < -0.4 is 10.6 Å². The molecule has 0 aliphatic heterocycles. The minimum atomic E-state index is -4.89. The van der Waals surface area contributed by atoms with E-state index in [4.69, 9.17) is 0 Å². The molecule has 7 nitrogen and oxygen atoms in total. The molecule has 31 heavy (non-hydrogen) atoms. The molecule has 0 spiro atoms. The number of aliphatic imine (C=N–C) groups is 1. The maximum atomic E-state index is 13.6. The second kappa shape index (κ2) is 12.2. The summed E-state index contributed by atoms with van der Waals surface area (Å²) in [4.78, 5) is 8.06. The predicted molar refractivity (Wildman–Crippen MR) is 123 cm³/mol. The van der Waals surface area contributed by atoms with Gasteiger partial charge in [-0.2, -0.15) is 13.2 Å². The van der Waals surface area contributed by atoms with Gasteiger partial charge in [-0.3, -0.25) is 4.99 Å². The molecule has 0 aliphatic carbocycles. The van der Waals surface area contributed by atoms with Crippen LogP contribution in [-0.2, 0) is 12.6 Å². The molecule has 174 valence electrons. The van der Waals surface area contributed by atoms with Crippen molar-refractivity contribution in [2.45, 2.75) is 31.0 Å². The molecule has 1 heterocycles. The number of rotatable bonds is 9. The molecule has 0 radical (unpaired) electrons. The molecule has 0 fully saturated rings. The van der Waals surface area contributed by atoms with Crippen molar-refractivity contribution in [3.63, 3.8) is 0 Å². The molecule has 0 aliphatic rings. The number of hydrogen-bond donors (Lipinski definition) is 4. The van der Waals surface area contributed by atoms with Crippen LogP contribution in [0.15, 0.2) is 47.7 Å². The number of aromatic nitrogens is 2. The lowest BCUT2D eigenvalue weighted by atomic mass is 9.97. The molecule has 2 rings (SSSR count). The van der Waals surface area contributed by atoms with Crippen molar-refractivity contribution in [1.29, 1.82) is 0 Å². The first kappa shape index (κ1) is 27.2. The quantitative estimate of drug-likeness (QED) is 0.217. The van der Waals surface area contributed by atoms with Crippen LogP contribution in [0, 0.1) is 0 Å². The van der Waals surface area contributed by atoms with Gasteiger partial charge < -0.3 is 25.4 Å². The van der Waals surface area contributed by atoms with E-state index in [1.54, 1.807) is 0 Å². The van der Waals surface area contributed by atoms with E-state index in [2.05, 4.69) is 20.6 Å². The van der Waals surface area contributed by atoms with E-state index in [0.29, 0.717) is 12.5 Å². The van der Waals surface area contributed by atoms with Crippen LogP contribution >= 0.6 is 24.0 Å². The van der Waals surface area contributed by atoms with Crippen LogP contribution in [0.25, 0.3) is 0 Å². The van der Waals surface area contributed by atoms with Gasteiger partial charge >= 0.3 is 6.18 Å². The van der Waals surface area contributed by atoms with Gasteiger partial charge in [-0.25, -0.2) is 4.98 Å². The Morgan fingerprint density at radius 1 is 1.23 bits per heavy atom. The smallest absolute Gasteiger partial charge is 0.396 e. The molecule has 2 aromatic rings. The number of aliphatic hydroxyl groups excluding tert-OH is 1. The Morgan fingerprint density at radius 2 is 1.90 bits per heavy atom. The van der Waals surface area contributed by atoms with Crippen LogP contribution in [0.2, 0.25) is 0 Å². The zero-order valence-corrected chi connectivity index (χ0v) is 19.8. The third kappa shape index (κ3) is 7.07. The zero-order valence-electron chi connectivity index (χ0n) is 17.4. The molecule has 0 saturated heterocycles. The van der Waals surface area contributed by atoms with Gasteiger partial charge in [0.2, 0.25) is 5.60 Å². The Bertz CT molecular complexity index is 817. The third-order valence-corrected chi connectivity index (χ3v) is 4.74. The lowest BCUT2D eigenvalue weighted by Crippen LogP contribution is -2.48. The first-order chi connectivity index (χ1) is 14.2. The fourth-order valence-corrected chi connectivity index (χ4v) is 3.04. The zero-order chi connectivity index (χ0) is 22.2. The molecular formula is C20H29F3IN5O2. The lowest BCUT2D eigenvalue weighted by Gasteiger charge is -2.30. The van der Waals surface area contributed by atoms with Crippen molar-refractivity contribution in [3.05, 3.63) is 54.1 Å². The molecule has 0 amide bonds. The first-order valence-electron chi connectivity index (χ1n) is 9.67. The monoisotopic (exact) mass is 555 g/mol. The highest BCUT2D eigenvalue weighted by molar-refractivity contribution is 14.0. The average molecular weight is 555 g/mol. The number of alkyl halides is 3. The van der Waals surface area contributed by atoms with Gasteiger partial charge in [0.15, 0.2) is 5.96 Å². The summed E-state index contributed by atoms with van der Waals surface area (Å²) in [7, 11) is 1.40. The summed E-state index contributed by atoms with van der Waals surface area (Å²) in [5, 5.41) is 25.8. The Labute approximate surface area is 196 Å². The number of halogens is 4. The molecule has 2 atom stereocenters. The summed E-state index contributed by atoms with van der Waals surface area (Å²) < 4.78 is 42.0. The van der Waals surface area contributed by atoms with Gasteiger partial charge in [0.05, 0.1) is 13.2 Å². The molecule has 2 unspecified atom stereocenters. The standard InChI is InChI=1S/C20H28F3N5O2.HI/c1-3-24-18(27-13-16(14-29)15-7-5-4-6-8-15)26-10-9-19(30,20(21,22)23)17-25-11-12-28(17)2;/h4-8,11-12,16,29-30H,3,9-10,13-14H2,1-2H3,(H2,24,26,27);1H. The molecule has 4 N–H and O–H groups in total. The second-order valence-corrected chi connectivity index (χ2v) is 6.91. The molecular weight excluding hydrogens is 526 g/mol. The van der Waals surface area contributed by atoms with Crippen molar-refractivity contribution >= 4 is 29.9 Å². The predicted octanol–water partition coefficient (Wildman–Crippen LogP) is 2.51. The highest BCUT2D eigenvalue weighted by atomic mass is 127. The number of guanidine groups is 1. The summed E-state index contributed by atoms with van der Waals surface area (Å²) in [5.41, 5.74) is -2.17. The third-order valence-electron chi connectivity index (χ3n) is 4.74. The van der Waals surface area contributed by atoms with Crippen LogP contribution in [0.3, 0.4) is 0 Å². The van der Waals surface area contributed by atoms with E-state index in [-0.39, 0.29) is 49.6 Å². The van der Waals surface area contributed by atoms with Gasteiger partial charge in [0.1, 0.15) is 5.82 Å². The first-order valence-corrected chi connectivity index (χ1v) is 9.67. The minimum Gasteiger partial charge on any atom is -0.396 e. The van der Waals surface area contributed by atoms with Crippen LogP contribution in [0.4, 0.5) is 13.2 Å². The van der Waals surface area contributed by atoms with Crippen molar-refractivity contribution in [2.75, 3.05) is 26.2 Å². The normalized spacial score (nSPS) is 15.0. The average Bonchev–Trinajstić information content (AvgIpc) is 3.14. The fourth-order valence-electron chi connectivity index (χ4n) is 3.04. The summed E-state index contributed by atoms with van der Waals surface area (Å²) in [6.07, 6.45) is -2.97. The molecule has 0 bridgehead atoms. The van der Waals surface area contributed by atoms with E-state index in [9.17, 15) is 23.4 Å². The number of nitrogens with zero attached hydrogens (tertiary/aromatic N) is 3. The van der Waals surface area contributed by atoms with Crippen molar-refractivity contribution < 1.29 is 23.4 Å². The number of hydrogen-bond acceptors (Lipinski definition) is 4.